The second-order valence-electron chi connectivity index (χ2n) is 3.00. The van der Waals surface area contributed by atoms with Crippen LogP contribution in [0.25, 0.3) is 0 Å². The molecule has 0 radical (unpaired) electrons. The molecule has 7 nitrogen and oxygen atoms in total. The average Bonchev–Trinajstić information content (AvgIpc) is 2.33. The molecule has 0 atom stereocenters. The number of rotatable bonds is 3. The number of hydrogen-bond acceptors (Lipinski definition) is 7. The van der Waals surface area contributed by atoms with Gasteiger partial charge < -0.3 is 16.5 Å². The van der Waals surface area contributed by atoms with Crippen LogP contribution < -0.4 is 22.3 Å². The lowest BCUT2D eigenvalue weighted by Crippen LogP contribution is -2.12. The number of nitrogens with one attached hydrogen (secondary N) is 2. The van der Waals surface area contributed by atoms with Gasteiger partial charge in [-0.25, -0.2) is 15.8 Å². The second-order valence-corrected chi connectivity index (χ2v) is 3.00. The maximum atomic E-state index is 5.79. The third-order valence-corrected chi connectivity index (χ3v) is 1.94. The van der Waals surface area contributed by atoms with Gasteiger partial charge >= 0.3 is 0 Å². The molecule has 2 rings (SSSR count). The summed E-state index contributed by atoms with van der Waals surface area (Å²) >= 11 is 0. The molecule has 7 heteroatoms. The van der Waals surface area contributed by atoms with Crippen LogP contribution in [0, 0.1) is 0 Å². The first-order valence-corrected chi connectivity index (χ1v) is 4.55. The van der Waals surface area contributed by atoms with Gasteiger partial charge in [0.25, 0.3) is 0 Å². The van der Waals surface area contributed by atoms with E-state index in [9.17, 15) is 0 Å². The van der Waals surface area contributed by atoms with E-state index in [0.717, 1.165) is 5.69 Å². The Morgan fingerprint density at radius 2 is 2.00 bits per heavy atom. The number of nitrogen functional groups attached to an aromatic ring is 2. The molecule has 0 amide bonds. The van der Waals surface area contributed by atoms with Crippen LogP contribution in [-0.4, -0.2) is 15.0 Å². The van der Waals surface area contributed by atoms with Crippen molar-refractivity contribution >= 4 is 23.0 Å². The molecule has 0 aliphatic heterocycles. The van der Waals surface area contributed by atoms with E-state index in [1.54, 1.807) is 12.4 Å². The predicted octanol–water partition coefficient (Wildman–Crippen LogP) is 0.483. The van der Waals surface area contributed by atoms with Gasteiger partial charge in [-0.3, -0.25) is 4.98 Å². The Kier molecular flexibility index (Phi) is 2.79. The highest BCUT2D eigenvalue weighted by atomic mass is 15.3. The van der Waals surface area contributed by atoms with Crippen LogP contribution in [0.2, 0.25) is 0 Å². The SMILES string of the molecule is NNc1ncnc(Nc2cccnc2)c1N. The topological polar surface area (TPSA) is 115 Å². The fraction of sp³-hybridized carbons (Fsp3) is 0. The Bertz CT molecular complexity index is 471. The highest BCUT2D eigenvalue weighted by Gasteiger charge is 2.06. The number of nitrogens with zero attached hydrogens (tertiary/aromatic N) is 3. The number of pyridine rings is 1. The molecule has 6 N–H and O–H groups in total. The standard InChI is InChI=1S/C9H11N7/c10-7-8(13-5-14-9(7)16-11)15-6-2-1-3-12-4-6/h1-5H,10-11H2,(H2,13,14,15,16). The van der Waals surface area contributed by atoms with Crippen LogP contribution in [0.15, 0.2) is 30.9 Å². The van der Waals surface area contributed by atoms with Crippen LogP contribution in [-0.2, 0) is 0 Å². The van der Waals surface area contributed by atoms with Crippen molar-refractivity contribution in [2.45, 2.75) is 0 Å². The third kappa shape index (κ3) is 1.98. The van der Waals surface area contributed by atoms with E-state index in [1.807, 2.05) is 12.1 Å². The maximum absolute atomic E-state index is 5.79. The fourth-order valence-corrected chi connectivity index (χ4v) is 1.18. The van der Waals surface area contributed by atoms with Gasteiger partial charge in [-0.2, -0.15) is 0 Å². The lowest BCUT2D eigenvalue weighted by molar-refractivity contribution is 1.14. The van der Waals surface area contributed by atoms with Crippen molar-refractivity contribution in [1.82, 2.24) is 15.0 Å². The monoisotopic (exact) mass is 217 g/mol. The highest BCUT2D eigenvalue weighted by molar-refractivity contribution is 5.76. The summed E-state index contributed by atoms with van der Waals surface area (Å²) in [7, 11) is 0. The minimum atomic E-state index is 0.355. The molecular formula is C9H11N7. The van der Waals surface area contributed by atoms with Gasteiger partial charge in [-0.1, -0.05) is 0 Å². The Balaban J connectivity index is 2.28. The van der Waals surface area contributed by atoms with Crippen molar-refractivity contribution in [3.05, 3.63) is 30.9 Å². The van der Waals surface area contributed by atoms with Gasteiger partial charge in [0, 0.05) is 6.20 Å². The number of hydrogen-bond donors (Lipinski definition) is 4. The predicted molar refractivity (Wildman–Crippen MR) is 61.8 cm³/mol. The molecule has 16 heavy (non-hydrogen) atoms. The molecule has 2 aromatic heterocycles. The van der Waals surface area contributed by atoms with Gasteiger partial charge in [-0.15, -0.1) is 0 Å². The van der Waals surface area contributed by atoms with E-state index in [-0.39, 0.29) is 0 Å². The van der Waals surface area contributed by atoms with Crippen LogP contribution in [0.3, 0.4) is 0 Å². The Morgan fingerprint density at radius 3 is 2.69 bits per heavy atom. The number of aromatic nitrogens is 3. The zero-order chi connectivity index (χ0) is 11.4. The van der Waals surface area contributed by atoms with Crippen LogP contribution in [0.4, 0.5) is 23.0 Å². The molecule has 82 valence electrons. The van der Waals surface area contributed by atoms with E-state index in [2.05, 4.69) is 25.7 Å². The average molecular weight is 217 g/mol. The first-order valence-electron chi connectivity index (χ1n) is 4.55. The summed E-state index contributed by atoms with van der Waals surface area (Å²) < 4.78 is 0. The molecule has 0 spiro atoms. The zero-order valence-electron chi connectivity index (χ0n) is 8.38. The third-order valence-electron chi connectivity index (χ3n) is 1.94. The molecule has 0 aromatic carbocycles. The lowest BCUT2D eigenvalue weighted by atomic mass is 10.4. The molecular weight excluding hydrogens is 206 g/mol. The smallest absolute Gasteiger partial charge is 0.168 e. The van der Waals surface area contributed by atoms with Crippen molar-refractivity contribution in [3.63, 3.8) is 0 Å². The van der Waals surface area contributed by atoms with E-state index in [0.29, 0.717) is 17.3 Å². The summed E-state index contributed by atoms with van der Waals surface area (Å²) in [5.41, 5.74) is 9.32. The molecule has 2 heterocycles. The lowest BCUT2D eigenvalue weighted by Gasteiger charge is -2.09. The summed E-state index contributed by atoms with van der Waals surface area (Å²) in [5, 5.41) is 3.01. The molecule has 0 aliphatic rings. The Labute approximate surface area is 91.9 Å². The summed E-state index contributed by atoms with van der Waals surface area (Å²) in [5.74, 6) is 6.11. The minimum Gasteiger partial charge on any atom is -0.393 e. The molecule has 0 saturated carbocycles. The van der Waals surface area contributed by atoms with Crippen molar-refractivity contribution in [1.29, 1.82) is 0 Å². The summed E-state index contributed by atoms with van der Waals surface area (Å²) in [6.45, 7) is 0. The number of nitrogens with two attached hydrogens (primary N) is 2. The molecule has 0 bridgehead atoms. The van der Waals surface area contributed by atoms with Gasteiger partial charge in [0.15, 0.2) is 11.6 Å². The van der Waals surface area contributed by atoms with E-state index >= 15 is 0 Å². The Hall–Kier alpha value is -2.41. The minimum absolute atomic E-state index is 0.355. The second kappa shape index (κ2) is 4.41. The van der Waals surface area contributed by atoms with Gasteiger partial charge in [-0.05, 0) is 12.1 Å². The van der Waals surface area contributed by atoms with Crippen LogP contribution in [0.5, 0.6) is 0 Å². The first-order chi connectivity index (χ1) is 7.81. The van der Waals surface area contributed by atoms with Crippen LogP contribution in [0.1, 0.15) is 0 Å². The highest BCUT2D eigenvalue weighted by Crippen LogP contribution is 2.24. The molecule has 0 aliphatic carbocycles. The van der Waals surface area contributed by atoms with Gasteiger partial charge in [0.05, 0.1) is 11.9 Å². The van der Waals surface area contributed by atoms with Crippen molar-refractivity contribution in [2.24, 2.45) is 5.84 Å². The van der Waals surface area contributed by atoms with Gasteiger partial charge in [0.1, 0.15) is 12.0 Å². The zero-order valence-corrected chi connectivity index (χ0v) is 8.38. The summed E-state index contributed by atoms with van der Waals surface area (Å²) in [6, 6.07) is 3.66. The number of hydrazine groups is 1. The van der Waals surface area contributed by atoms with Crippen molar-refractivity contribution in [2.75, 3.05) is 16.5 Å². The van der Waals surface area contributed by atoms with Crippen molar-refractivity contribution < 1.29 is 0 Å². The van der Waals surface area contributed by atoms with E-state index in [4.69, 9.17) is 11.6 Å². The number of anilines is 4. The summed E-state index contributed by atoms with van der Waals surface area (Å²) in [6.07, 6.45) is 4.71. The molecule has 0 saturated heterocycles. The maximum Gasteiger partial charge on any atom is 0.168 e. The van der Waals surface area contributed by atoms with Gasteiger partial charge in [0.2, 0.25) is 0 Å². The van der Waals surface area contributed by atoms with Crippen LogP contribution >= 0.6 is 0 Å². The first kappa shape index (κ1) is 10.1. The molecule has 2 aromatic rings. The molecule has 0 fully saturated rings. The quantitative estimate of drug-likeness (QED) is 0.436. The van der Waals surface area contributed by atoms with Crippen molar-refractivity contribution in [3.8, 4) is 0 Å². The Morgan fingerprint density at radius 1 is 1.19 bits per heavy atom. The largest absolute Gasteiger partial charge is 0.393 e. The molecule has 0 unspecified atom stereocenters. The normalized spacial score (nSPS) is 9.81. The van der Waals surface area contributed by atoms with E-state index in [1.165, 1.54) is 6.33 Å². The fourth-order valence-electron chi connectivity index (χ4n) is 1.18. The van der Waals surface area contributed by atoms with E-state index < -0.39 is 0 Å². The summed E-state index contributed by atoms with van der Waals surface area (Å²) in [4.78, 5) is 11.8.